The first kappa shape index (κ1) is 18.8. The predicted molar refractivity (Wildman–Crippen MR) is 103 cm³/mol. The number of nitro groups is 1. The molecule has 1 amide bonds. The Morgan fingerprint density at radius 2 is 1.79 bits per heavy atom. The fraction of sp³-hybridized carbons (Fsp3) is 0.100. The molecule has 3 rings (SSSR count). The summed E-state index contributed by atoms with van der Waals surface area (Å²) < 4.78 is 9.95. The van der Waals surface area contributed by atoms with Gasteiger partial charge in [-0.15, -0.1) is 0 Å². The van der Waals surface area contributed by atoms with Crippen molar-refractivity contribution in [2.45, 2.75) is 0 Å². The number of amides is 1. The Morgan fingerprint density at radius 3 is 2.50 bits per heavy atom. The zero-order valence-corrected chi connectivity index (χ0v) is 14.9. The summed E-state index contributed by atoms with van der Waals surface area (Å²) in [6.07, 6.45) is 0. The molecule has 142 valence electrons. The number of hydrogen-bond acceptors (Lipinski definition) is 6. The van der Waals surface area contributed by atoms with Gasteiger partial charge in [-0.1, -0.05) is 30.3 Å². The molecular formula is C20H16N2O6. The van der Waals surface area contributed by atoms with Crippen molar-refractivity contribution in [2.75, 3.05) is 19.0 Å². The molecule has 0 heterocycles. The molecule has 3 aromatic carbocycles. The van der Waals surface area contributed by atoms with Crippen LogP contribution in [0.3, 0.4) is 0 Å². The maximum Gasteiger partial charge on any atom is 0.338 e. The molecule has 0 aliphatic carbocycles. The van der Waals surface area contributed by atoms with Crippen molar-refractivity contribution in [2.24, 2.45) is 0 Å². The number of ether oxygens (including phenoxy) is 2. The van der Waals surface area contributed by atoms with E-state index in [4.69, 9.17) is 9.47 Å². The van der Waals surface area contributed by atoms with E-state index >= 15 is 0 Å². The highest BCUT2D eigenvalue weighted by molar-refractivity contribution is 5.98. The van der Waals surface area contributed by atoms with Crippen LogP contribution in [0.2, 0.25) is 0 Å². The van der Waals surface area contributed by atoms with Crippen molar-refractivity contribution in [1.82, 2.24) is 0 Å². The molecule has 0 saturated heterocycles. The Balaban J connectivity index is 1.65. The average molecular weight is 380 g/mol. The van der Waals surface area contributed by atoms with Gasteiger partial charge >= 0.3 is 5.97 Å². The number of nitrogens with one attached hydrogen (secondary N) is 1. The normalized spacial score (nSPS) is 10.3. The molecule has 0 saturated carbocycles. The fourth-order valence-electron chi connectivity index (χ4n) is 2.61. The van der Waals surface area contributed by atoms with Crippen LogP contribution in [0.5, 0.6) is 5.75 Å². The van der Waals surface area contributed by atoms with E-state index in [-0.39, 0.29) is 17.1 Å². The molecule has 8 nitrogen and oxygen atoms in total. The minimum Gasteiger partial charge on any atom is -0.496 e. The summed E-state index contributed by atoms with van der Waals surface area (Å²) in [5.74, 6) is -1.07. The van der Waals surface area contributed by atoms with E-state index in [9.17, 15) is 19.7 Å². The maximum absolute atomic E-state index is 12.2. The number of rotatable bonds is 6. The number of methoxy groups -OCH3 is 1. The summed E-state index contributed by atoms with van der Waals surface area (Å²) in [4.78, 5) is 34.7. The molecule has 3 aromatic rings. The second-order valence-corrected chi connectivity index (χ2v) is 5.83. The quantitative estimate of drug-likeness (QED) is 0.398. The van der Waals surface area contributed by atoms with Crippen molar-refractivity contribution in [3.8, 4) is 5.75 Å². The topological polar surface area (TPSA) is 108 Å². The molecule has 28 heavy (non-hydrogen) atoms. The number of fused-ring (bicyclic) bond motifs is 1. The van der Waals surface area contributed by atoms with Gasteiger partial charge in [0.25, 0.3) is 11.6 Å². The first-order valence-corrected chi connectivity index (χ1v) is 8.26. The molecule has 0 unspecified atom stereocenters. The molecule has 0 bridgehead atoms. The molecular weight excluding hydrogens is 364 g/mol. The molecule has 8 heteroatoms. The predicted octanol–water partition coefficient (Wildman–Crippen LogP) is 3.55. The van der Waals surface area contributed by atoms with Crippen LogP contribution in [0.4, 0.5) is 11.4 Å². The van der Waals surface area contributed by atoms with Gasteiger partial charge in [0.05, 0.1) is 23.7 Å². The number of nitrogens with zero attached hydrogens (tertiary/aromatic N) is 1. The summed E-state index contributed by atoms with van der Waals surface area (Å²) in [5, 5.41) is 15.4. The lowest BCUT2D eigenvalue weighted by Gasteiger charge is -2.08. The Hall–Kier alpha value is -3.94. The number of benzene rings is 3. The van der Waals surface area contributed by atoms with Crippen molar-refractivity contribution in [1.29, 1.82) is 0 Å². The van der Waals surface area contributed by atoms with E-state index in [1.54, 1.807) is 18.2 Å². The van der Waals surface area contributed by atoms with E-state index in [0.717, 1.165) is 10.8 Å². The van der Waals surface area contributed by atoms with E-state index in [1.807, 2.05) is 24.3 Å². The third kappa shape index (κ3) is 4.24. The summed E-state index contributed by atoms with van der Waals surface area (Å²) in [5.41, 5.74) is -0.0342. The van der Waals surface area contributed by atoms with Crippen LogP contribution >= 0.6 is 0 Å². The van der Waals surface area contributed by atoms with Crippen molar-refractivity contribution in [3.63, 3.8) is 0 Å². The van der Waals surface area contributed by atoms with E-state index in [1.165, 1.54) is 25.3 Å². The Kier molecular flexibility index (Phi) is 5.50. The molecule has 0 fully saturated rings. The van der Waals surface area contributed by atoms with Gasteiger partial charge in [0.2, 0.25) is 0 Å². The largest absolute Gasteiger partial charge is 0.496 e. The molecule has 0 spiro atoms. The maximum atomic E-state index is 12.2. The second-order valence-electron chi connectivity index (χ2n) is 5.83. The van der Waals surface area contributed by atoms with Crippen molar-refractivity contribution in [3.05, 3.63) is 76.3 Å². The minimum absolute atomic E-state index is 0.0162. The molecule has 0 radical (unpaired) electrons. The van der Waals surface area contributed by atoms with Gasteiger partial charge in [-0.3, -0.25) is 14.9 Å². The van der Waals surface area contributed by atoms with E-state index in [2.05, 4.69) is 5.32 Å². The Labute approximate surface area is 159 Å². The smallest absolute Gasteiger partial charge is 0.338 e. The van der Waals surface area contributed by atoms with E-state index < -0.39 is 23.4 Å². The van der Waals surface area contributed by atoms with Gasteiger partial charge in [-0.2, -0.15) is 0 Å². The summed E-state index contributed by atoms with van der Waals surface area (Å²) in [7, 11) is 1.38. The number of carbonyl (C=O) groups is 2. The first-order valence-electron chi connectivity index (χ1n) is 8.26. The van der Waals surface area contributed by atoms with Gasteiger partial charge in [0.15, 0.2) is 6.61 Å². The number of hydrogen-bond donors (Lipinski definition) is 1. The van der Waals surface area contributed by atoms with Crippen LogP contribution in [-0.2, 0) is 9.53 Å². The molecule has 0 aromatic heterocycles. The van der Waals surface area contributed by atoms with Crippen molar-refractivity contribution < 1.29 is 24.0 Å². The zero-order chi connectivity index (χ0) is 20.1. The lowest BCUT2D eigenvalue weighted by atomic mass is 10.1. The second kappa shape index (κ2) is 8.17. The van der Waals surface area contributed by atoms with Crippen molar-refractivity contribution >= 4 is 34.0 Å². The lowest BCUT2D eigenvalue weighted by Crippen LogP contribution is -2.21. The van der Waals surface area contributed by atoms with Crippen LogP contribution < -0.4 is 10.1 Å². The Morgan fingerprint density at radius 1 is 1.04 bits per heavy atom. The molecule has 0 atom stereocenters. The van der Waals surface area contributed by atoms with Crippen LogP contribution in [0.15, 0.2) is 60.7 Å². The van der Waals surface area contributed by atoms with Gasteiger partial charge in [-0.05, 0) is 35.0 Å². The summed E-state index contributed by atoms with van der Waals surface area (Å²) in [6.45, 7) is -0.575. The highest BCUT2D eigenvalue weighted by Gasteiger charge is 2.18. The van der Waals surface area contributed by atoms with Crippen LogP contribution in [0.1, 0.15) is 10.4 Å². The van der Waals surface area contributed by atoms with Crippen LogP contribution in [0.25, 0.3) is 10.8 Å². The average Bonchev–Trinajstić information content (AvgIpc) is 2.71. The van der Waals surface area contributed by atoms with Gasteiger partial charge < -0.3 is 14.8 Å². The van der Waals surface area contributed by atoms with Gasteiger partial charge in [-0.25, -0.2) is 4.79 Å². The van der Waals surface area contributed by atoms with Crippen LogP contribution in [0, 0.1) is 10.1 Å². The zero-order valence-electron chi connectivity index (χ0n) is 14.9. The van der Waals surface area contributed by atoms with Gasteiger partial charge in [0, 0.05) is 0 Å². The lowest BCUT2D eigenvalue weighted by molar-refractivity contribution is -0.384. The monoisotopic (exact) mass is 380 g/mol. The number of esters is 1. The minimum atomic E-state index is -0.692. The third-order valence-corrected chi connectivity index (χ3v) is 4.00. The fourth-order valence-corrected chi connectivity index (χ4v) is 2.61. The molecule has 0 aliphatic heterocycles. The van der Waals surface area contributed by atoms with E-state index in [0.29, 0.717) is 5.56 Å². The summed E-state index contributed by atoms with van der Waals surface area (Å²) >= 11 is 0. The standard InChI is InChI=1S/C20H16N2O6/c1-27-16-8-9-17(18(11-16)22(25)26)21-19(23)12-28-20(24)15-7-6-13-4-2-3-5-14(13)10-15/h2-11H,12H2,1H3,(H,21,23). The molecule has 1 N–H and O–H groups in total. The SMILES string of the molecule is COc1ccc(NC(=O)COC(=O)c2ccc3ccccc3c2)c([N+](=O)[O-])c1. The van der Waals surface area contributed by atoms with Gasteiger partial charge in [0.1, 0.15) is 11.4 Å². The number of carbonyl (C=O) groups excluding carboxylic acids is 2. The number of anilines is 1. The number of nitro benzene ring substituents is 1. The summed E-state index contributed by atoms with van der Waals surface area (Å²) in [6, 6.07) is 16.6. The highest BCUT2D eigenvalue weighted by Crippen LogP contribution is 2.28. The Bertz CT molecular complexity index is 1060. The first-order chi connectivity index (χ1) is 13.5. The highest BCUT2D eigenvalue weighted by atomic mass is 16.6. The van der Waals surface area contributed by atoms with Crippen LogP contribution in [-0.4, -0.2) is 30.5 Å². The molecule has 0 aliphatic rings. The third-order valence-electron chi connectivity index (χ3n) is 4.00.